The molecule has 2 fully saturated rings. The van der Waals surface area contributed by atoms with Crippen LogP contribution in [-0.4, -0.2) is 23.0 Å². The lowest BCUT2D eigenvalue weighted by Gasteiger charge is -2.53. The smallest absolute Gasteiger partial charge is 0.258 e. The molecule has 3 heteroatoms. The van der Waals surface area contributed by atoms with Crippen molar-refractivity contribution in [3.8, 4) is 0 Å². The minimum absolute atomic E-state index is 0.0314. The monoisotopic (exact) mass is 293 g/mol. The molecule has 2 aliphatic rings. The lowest BCUT2D eigenvalue weighted by molar-refractivity contribution is -0.197. The van der Waals surface area contributed by atoms with Crippen LogP contribution in [0.4, 0.5) is 0 Å². The number of hydrogen-bond donors (Lipinski definition) is 0. The molecule has 1 amide bonds. The van der Waals surface area contributed by atoms with Gasteiger partial charge in [-0.2, -0.15) is 0 Å². The van der Waals surface area contributed by atoms with Crippen molar-refractivity contribution < 1.29 is 9.53 Å². The van der Waals surface area contributed by atoms with Gasteiger partial charge in [0.2, 0.25) is 0 Å². The predicted molar refractivity (Wildman–Crippen MR) is 84.1 cm³/mol. The fourth-order valence-corrected chi connectivity index (χ4v) is 3.74. The molecule has 0 aromatic heterocycles. The Morgan fingerprint density at radius 1 is 1.05 bits per heavy atom. The average Bonchev–Trinajstić information content (AvgIpc) is 3.08. The molecule has 1 spiro atoms. The molecule has 0 bridgehead atoms. The summed E-state index contributed by atoms with van der Waals surface area (Å²) < 4.78 is 5.93. The number of nitrogens with zero attached hydrogens (tertiary/aromatic N) is 1. The van der Waals surface area contributed by atoms with Gasteiger partial charge in [0, 0.05) is 13.2 Å². The average molecular weight is 293 g/mol. The normalized spacial score (nSPS) is 27.2. The van der Waals surface area contributed by atoms with Gasteiger partial charge in [0.05, 0.1) is 6.04 Å². The van der Waals surface area contributed by atoms with Crippen molar-refractivity contribution in [1.29, 1.82) is 0 Å². The maximum atomic E-state index is 12.8. The summed E-state index contributed by atoms with van der Waals surface area (Å²) in [7, 11) is 0. The Morgan fingerprint density at radius 2 is 1.73 bits per heavy atom. The van der Waals surface area contributed by atoms with Gasteiger partial charge in [-0.3, -0.25) is 4.79 Å². The molecule has 0 aliphatic carbocycles. The third-order valence-corrected chi connectivity index (χ3v) is 4.74. The summed E-state index contributed by atoms with van der Waals surface area (Å²) in [5, 5.41) is 0. The maximum absolute atomic E-state index is 12.8. The fourth-order valence-electron chi connectivity index (χ4n) is 3.74. The quantitative estimate of drug-likeness (QED) is 0.813. The number of likely N-dealkylation sites (tertiary alicyclic amines) is 1. The Kier molecular flexibility index (Phi) is 3.23. The summed E-state index contributed by atoms with van der Waals surface area (Å²) in [6, 6.07) is 20.4. The Hall–Kier alpha value is -2.13. The van der Waals surface area contributed by atoms with Crippen molar-refractivity contribution in [2.75, 3.05) is 6.61 Å². The second-order valence-corrected chi connectivity index (χ2v) is 6.07. The van der Waals surface area contributed by atoms with Gasteiger partial charge in [-0.05, 0) is 24.0 Å². The number of β-lactam (4-membered cyclic amide) rings is 1. The van der Waals surface area contributed by atoms with E-state index in [0.29, 0.717) is 13.2 Å². The third-order valence-electron chi connectivity index (χ3n) is 4.74. The lowest BCUT2D eigenvalue weighted by atomic mass is 9.76. The number of rotatable bonds is 3. The molecule has 0 unspecified atom stereocenters. The minimum Gasteiger partial charge on any atom is -0.363 e. The molecule has 2 heterocycles. The summed E-state index contributed by atoms with van der Waals surface area (Å²) >= 11 is 0. The van der Waals surface area contributed by atoms with E-state index in [-0.39, 0.29) is 11.9 Å². The molecule has 22 heavy (non-hydrogen) atoms. The Morgan fingerprint density at radius 3 is 2.36 bits per heavy atom. The van der Waals surface area contributed by atoms with E-state index in [1.807, 2.05) is 41.3 Å². The first kappa shape index (κ1) is 13.5. The van der Waals surface area contributed by atoms with Crippen LogP contribution in [0.1, 0.15) is 30.0 Å². The SMILES string of the molecule is O=C1N(Cc2ccccc2)[C@H](c2ccccc2)[C@@]12CCCO2. The predicted octanol–water partition coefficient (Wildman–Crippen LogP) is 3.32. The lowest BCUT2D eigenvalue weighted by Crippen LogP contribution is -2.67. The van der Waals surface area contributed by atoms with Gasteiger partial charge in [-0.1, -0.05) is 60.7 Å². The fraction of sp³-hybridized carbons (Fsp3) is 0.316. The van der Waals surface area contributed by atoms with E-state index in [2.05, 4.69) is 24.3 Å². The van der Waals surface area contributed by atoms with Crippen molar-refractivity contribution >= 4 is 5.91 Å². The summed E-state index contributed by atoms with van der Waals surface area (Å²) in [6.07, 6.45) is 1.80. The van der Waals surface area contributed by atoms with Gasteiger partial charge in [-0.15, -0.1) is 0 Å². The van der Waals surface area contributed by atoms with Crippen LogP contribution < -0.4 is 0 Å². The highest BCUT2D eigenvalue weighted by Crippen LogP contribution is 2.51. The van der Waals surface area contributed by atoms with Crippen LogP contribution in [0, 0.1) is 0 Å². The van der Waals surface area contributed by atoms with Crippen LogP contribution in [0.3, 0.4) is 0 Å². The highest BCUT2D eigenvalue weighted by atomic mass is 16.5. The molecular formula is C19H19NO2. The van der Waals surface area contributed by atoms with Crippen LogP contribution in [0.25, 0.3) is 0 Å². The van der Waals surface area contributed by atoms with Gasteiger partial charge in [0.1, 0.15) is 0 Å². The number of ether oxygens (including phenoxy) is 1. The molecule has 0 N–H and O–H groups in total. The number of carbonyl (C=O) groups excluding carboxylic acids is 1. The van der Waals surface area contributed by atoms with Crippen molar-refractivity contribution in [2.24, 2.45) is 0 Å². The van der Waals surface area contributed by atoms with Crippen LogP contribution in [-0.2, 0) is 16.1 Å². The number of amides is 1. The number of benzene rings is 2. The van der Waals surface area contributed by atoms with Gasteiger partial charge in [-0.25, -0.2) is 0 Å². The zero-order valence-electron chi connectivity index (χ0n) is 12.4. The zero-order valence-corrected chi connectivity index (χ0v) is 12.4. The first-order valence-electron chi connectivity index (χ1n) is 7.85. The van der Waals surface area contributed by atoms with Crippen LogP contribution in [0.2, 0.25) is 0 Å². The van der Waals surface area contributed by atoms with Gasteiger partial charge in [0.15, 0.2) is 5.60 Å². The van der Waals surface area contributed by atoms with Crippen molar-refractivity contribution in [1.82, 2.24) is 4.90 Å². The van der Waals surface area contributed by atoms with E-state index in [1.54, 1.807) is 0 Å². The molecule has 112 valence electrons. The molecule has 3 nitrogen and oxygen atoms in total. The van der Waals surface area contributed by atoms with E-state index < -0.39 is 5.60 Å². The van der Waals surface area contributed by atoms with E-state index in [4.69, 9.17) is 4.74 Å². The van der Waals surface area contributed by atoms with Crippen molar-refractivity contribution in [3.05, 3.63) is 71.8 Å². The van der Waals surface area contributed by atoms with Crippen molar-refractivity contribution in [2.45, 2.75) is 31.0 Å². The Labute approximate surface area is 130 Å². The standard InChI is InChI=1S/C19H19NO2/c21-18-19(12-7-13-22-19)17(16-10-5-2-6-11-16)20(18)14-15-8-3-1-4-9-15/h1-6,8-11,17H,7,12-14H2/t17-,19+/m1/s1. The second kappa shape index (κ2) is 5.25. The zero-order chi connectivity index (χ0) is 15.0. The molecule has 2 aliphatic heterocycles. The summed E-state index contributed by atoms with van der Waals surface area (Å²) in [5.74, 6) is 0.141. The molecular weight excluding hydrogens is 274 g/mol. The molecule has 4 rings (SSSR count). The van der Waals surface area contributed by atoms with Crippen LogP contribution >= 0.6 is 0 Å². The molecule has 0 saturated carbocycles. The highest BCUT2D eigenvalue weighted by Gasteiger charge is 2.63. The Balaban J connectivity index is 1.67. The molecule has 0 radical (unpaired) electrons. The Bertz CT molecular complexity index is 662. The molecule has 2 saturated heterocycles. The third kappa shape index (κ3) is 1.97. The highest BCUT2D eigenvalue weighted by molar-refractivity contribution is 5.93. The summed E-state index contributed by atoms with van der Waals surface area (Å²) in [6.45, 7) is 1.33. The van der Waals surface area contributed by atoms with Crippen LogP contribution in [0.15, 0.2) is 60.7 Å². The van der Waals surface area contributed by atoms with Gasteiger partial charge in [0.25, 0.3) is 5.91 Å². The summed E-state index contributed by atoms with van der Waals surface area (Å²) in [5.41, 5.74) is 1.71. The number of hydrogen-bond acceptors (Lipinski definition) is 2. The number of carbonyl (C=O) groups is 1. The van der Waals surface area contributed by atoms with E-state index >= 15 is 0 Å². The van der Waals surface area contributed by atoms with Gasteiger partial charge < -0.3 is 9.64 Å². The van der Waals surface area contributed by atoms with Crippen LogP contribution in [0.5, 0.6) is 0 Å². The molecule has 2 atom stereocenters. The minimum atomic E-state index is -0.615. The topological polar surface area (TPSA) is 29.5 Å². The maximum Gasteiger partial charge on any atom is 0.258 e. The van der Waals surface area contributed by atoms with E-state index in [1.165, 1.54) is 5.56 Å². The van der Waals surface area contributed by atoms with E-state index in [0.717, 1.165) is 18.4 Å². The first-order chi connectivity index (χ1) is 10.8. The molecule has 2 aromatic carbocycles. The largest absolute Gasteiger partial charge is 0.363 e. The molecule has 2 aromatic rings. The van der Waals surface area contributed by atoms with Gasteiger partial charge >= 0.3 is 0 Å². The van der Waals surface area contributed by atoms with Crippen molar-refractivity contribution in [3.63, 3.8) is 0 Å². The summed E-state index contributed by atoms with van der Waals surface area (Å²) in [4.78, 5) is 14.7. The second-order valence-electron chi connectivity index (χ2n) is 6.07. The first-order valence-corrected chi connectivity index (χ1v) is 7.85. The van der Waals surface area contributed by atoms with E-state index in [9.17, 15) is 4.79 Å².